The maximum atomic E-state index is 13.9. The molecule has 1 N–H and O–H groups in total. The van der Waals surface area contributed by atoms with Crippen molar-refractivity contribution < 1.29 is 14.2 Å². The number of ether oxygens (including phenoxy) is 1. The molecular formula is C16H20ClFO2. The van der Waals surface area contributed by atoms with Gasteiger partial charge in [0.1, 0.15) is 5.82 Å². The van der Waals surface area contributed by atoms with Crippen LogP contribution in [0, 0.1) is 11.7 Å². The largest absolute Gasteiger partial charge is 0.392 e. The Morgan fingerprint density at radius 2 is 2.25 bits per heavy atom. The van der Waals surface area contributed by atoms with Crippen LogP contribution in [0.15, 0.2) is 18.2 Å². The lowest BCUT2D eigenvalue weighted by Crippen LogP contribution is -2.48. The first kappa shape index (κ1) is 14.3. The van der Waals surface area contributed by atoms with Crippen LogP contribution in [0.1, 0.15) is 37.7 Å². The predicted molar refractivity (Wildman–Crippen MR) is 76.4 cm³/mol. The summed E-state index contributed by atoms with van der Waals surface area (Å²) in [6.07, 6.45) is 4.97. The maximum Gasteiger partial charge on any atom is 0.145 e. The van der Waals surface area contributed by atoms with E-state index in [1.807, 2.05) is 0 Å². The van der Waals surface area contributed by atoms with Gasteiger partial charge in [-0.3, -0.25) is 0 Å². The SMILES string of the molecule is OC(Cc1cccc(Cl)c1F)C1CCOC2(CCC2)C1. The molecule has 2 fully saturated rings. The van der Waals surface area contributed by atoms with E-state index >= 15 is 0 Å². The molecule has 1 saturated heterocycles. The highest BCUT2D eigenvalue weighted by Gasteiger charge is 2.44. The molecule has 0 amide bonds. The molecule has 1 saturated carbocycles. The number of aliphatic hydroxyl groups excluding tert-OH is 1. The first-order valence-electron chi connectivity index (χ1n) is 7.35. The van der Waals surface area contributed by atoms with Gasteiger partial charge in [-0.15, -0.1) is 0 Å². The molecule has 2 unspecified atom stereocenters. The molecule has 1 spiro atoms. The van der Waals surface area contributed by atoms with Gasteiger partial charge in [0.2, 0.25) is 0 Å². The van der Waals surface area contributed by atoms with E-state index in [1.165, 1.54) is 12.5 Å². The third kappa shape index (κ3) is 2.72. The molecule has 20 heavy (non-hydrogen) atoms. The summed E-state index contributed by atoms with van der Waals surface area (Å²) in [5.74, 6) is -0.207. The fourth-order valence-electron chi connectivity index (χ4n) is 3.41. The van der Waals surface area contributed by atoms with Crippen molar-refractivity contribution in [2.75, 3.05) is 6.61 Å². The van der Waals surface area contributed by atoms with Crippen molar-refractivity contribution in [1.29, 1.82) is 0 Å². The average molecular weight is 299 g/mol. The number of hydrogen-bond acceptors (Lipinski definition) is 2. The number of halogens is 2. The number of rotatable bonds is 3. The number of aliphatic hydroxyl groups is 1. The smallest absolute Gasteiger partial charge is 0.145 e. The third-order valence-electron chi connectivity index (χ3n) is 4.80. The molecular weight excluding hydrogens is 279 g/mol. The second-order valence-electron chi connectivity index (χ2n) is 6.12. The topological polar surface area (TPSA) is 29.5 Å². The molecule has 3 rings (SSSR count). The van der Waals surface area contributed by atoms with Crippen LogP contribution in [0.25, 0.3) is 0 Å². The second kappa shape index (κ2) is 5.63. The average Bonchev–Trinajstić information content (AvgIpc) is 2.42. The van der Waals surface area contributed by atoms with Gasteiger partial charge in [0.05, 0.1) is 16.7 Å². The predicted octanol–water partition coefficient (Wildman–Crippen LogP) is 3.73. The van der Waals surface area contributed by atoms with Crippen molar-refractivity contribution in [2.24, 2.45) is 5.92 Å². The number of benzene rings is 1. The molecule has 1 aliphatic carbocycles. The summed E-state index contributed by atoms with van der Waals surface area (Å²) >= 11 is 5.78. The van der Waals surface area contributed by atoms with Gasteiger partial charge < -0.3 is 9.84 Å². The molecule has 0 radical (unpaired) electrons. The van der Waals surface area contributed by atoms with Gasteiger partial charge in [-0.05, 0) is 49.7 Å². The van der Waals surface area contributed by atoms with Crippen LogP contribution < -0.4 is 0 Å². The van der Waals surface area contributed by atoms with Crippen LogP contribution in [-0.2, 0) is 11.2 Å². The molecule has 1 heterocycles. The highest BCUT2D eigenvalue weighted by Crippen LogP contribution is 2.45. The zero-order valence-electron chi connectivity index (χ0n) is 11.4. The first-order chi connectivity index (χ1) is 9.60. The minimum atomic E-state index is -0.524. The van der Waals surface area contributed by atoms with Crippen LogP contribution in [0.2, 0.25) is 5.02 Å². The van der Waals surface area contributed by atoms with Gasteiger partial charge in [-0.1, -0.05) is 23.7 Å². The fraction of sp³-hybridized carbons (Fsp3) is 0.625. The van der Waals surface area contributed by atoms with Crippen LogP contribution >= 0.6 is 11.6 Å². The van der Waals surface area contributed by atoms with Crippen molar-refractivity contribution in [2.45, 2.75) is 50.2 Å². The lowest BCUT2D eigenvalue weighted by atomic mass is 9.70. The zero-order valence-corrected chi connectivity index (χ0v) is 12.2. The van der Waals surface area contributed by atoms with Crippen LogP contribution in [0.4, 0.5) is 4.39 Å². The van der Waals surface area contributed by atoms with Gasteiger partial charge in [0, 0.05) is 13.0 Å². The molecule has 2 aliphatic rings. The Bertz CT molecular complexity index is 487. The van der Waals surface area contributed by atoms with Crippen molar-refractivity contribution in [3.63, 3.8) is 0 Å². The van der Waals surface area contributed by atoms with Crippen molar-refractivity contribution in [3.8, 4) is 0 Å². The maximum absolute atomic E-state index is 13.9. The highest BCUT2D eigenvalue weighted by molar-refractivity contribution is 6.30. The van der Waals surface area contributed by atoms with Crippen molar-refractivity contribution in [3.05, 3.63) is 34.6 Å². The van der Waals surface area contributed by atoms with E-state index in [0.29, 0.717) is 18.6 Å². The van der Waals surface area contributed by atoms with Gasteiger partial charge in [-0.2, -0.15) is 0 Å². The molecule has 4 heteroatoms. The van der Waals surface area contributed by atoms with E-state index in [9.17, 15) is 9.50 Å². The number of hydrogen-bond donors (Lipinski definition) is 1. The third-order valence-corrected chi connectivity index (χ3v) is 5.09. The van der Waals surface area contributed by atoms with E-state index in [2.05, 4.69) is 0 Å². The van der Waals surface area contributed by atoms with E-state index in [4.69, 9.17) is 16.3 Å². The van der Waals surface area contributed by atoms with Crippen LogP contribution in [0.5, 0.6) is 0 Å². The molecule has 2 nitrogen and oxygen atoms in total. The lowest BCUT2D eigenvalue weighted by Gasteiger charge is -2.48. The molecule has 0 aromatic heterocycles. The first-order valence-corrected chi connectivity index (χ1v) is 7.72. The molecule has 1 aliphatic heterocycles. The lowest BCUT2D eigenvalue weighted by molar-refractivity contribution is -0.156. The molecule has 1 aromatic rings. The zero-order chi connectivity index (χ0) is 14.2. The Hall–Kier alpha value is -0.640. The fourth-order valence-corrected chi connectivity index (χ4v) is 3.61. The summed E-state index contributed by atoms with van der Waals surface area (Å²) < 4.78 is 19.8. The van der Waals surface area contributed by atoms with Crippen molar-refractivity contribution >= 4 is 11.6 Å². The highest BCUT2D eigenvalue weighted by atomic mass is 35.5. The second-order valence-corrected chi connectivity index (χ2v) is 6.53. The normalized spacial score (nSPS) is 26.2. The summed E-state index contributed by atoms with van der Waals surface area (Å²) in [6, 6.07) is 4.96. The Kier molecular flexibility index (Phi) is 4.02. The van der Waals surface area contributed by atoms with Crippen LogP contribution in [-0.4, -0.2) is 23.4 Å². The van der Waals surface area contributed by atoms with Gasteiger partial charge in [0.25, 0.3) is 0 Å². The van der Waals surface area contributed by atoms with Crippen LogP contribution in [0.3, 0.4) is 0 Å². The van der Waals surface area contributed by atoms with Gasteiger partial charge >= 0.3 is 0 Å². The minimum absolute atomic E-state index is 0.0107. The summed E-state index contributed by atoms with van der Waals surface area (Å²) in [5, 5.41) is 10.6. The molecule has 0 bridgehead atoms. The quantitative estimate of drug-likeness (QED) is 0.921. The summed E-state index contributed by atoms with van der Waals surface area (Å²) in [4.78, 5) is 0. The standard InChI is InChI=1S/C16H20ClFO2/c17-13-4-1-3-11(15(13)18)9-14(19)12-5-8-20-16(10-12)6-2-7-16/h1,3-4,12,14,19H,2,5-10H2. The molecule has 2 atom stereocenters. The molecule has 110 valence electrons. The Morgan fingerprint density at radius 1 is 1.45 bits per heavy atom. The van der Waals surface area contributed by atoms with Gasteiger partial charge in [0.15, 0.2) is 0 Å². The van der Waals surface area contributed by atoms with E-state index < -0.39 is 11.9 Å². The van der Waals surface area contributed by atoms with E-state index in [1.54, 1.807) is 12.1 Å². The van der Waals surface area contributed by atoms with Gasteiger partial charge in [-0.25, -0.2) is 4.39 Å². The van der Waals surface area contributed by atoms with Crippen molar-refractivity contribution in [1.82, 2.24) is 0 Å². The Morgan fingerprint density at radius 3 is 2.95 bits per heavy atom. The Balaban J connectivity index is 1.66. The summed E-state index contributed by atoms with van der Waals surface area (Å²) in [7, 11) is 0. The molecule has 1 aromatic carbocycles. The summed E-state index contributed by atoms with van der Waals surface area (Å²) in [6.45, 7) is 0.708. The van der Waals surface area contributed by atoms with E-state index in [0.717, 1.165) is 25.7 Å². The summed E-state index contributed by atoms with van der Waals surface area (Å²) in [5.41, 5.74) is 0.510. The monoisotopic (exact) mass is 298 g/mol. The van der Waals surface area contributed by atoms with E-state index in [-0.39, 0.29) is 16.5 Å². The minimum Gasteiger partial charge on any atom is -0.392 e. The Labute approximate surface area is 123 Å².